The van der Waals surface area contributed by atoms with E-state index in [1.165, 1.54) is 0 Å². The first-order valence-electron chi connectivity index (χ1n) is 5.86. The van der Waals surface area contributed by atoms with Crippen molar-refractivity contribution in [3.8, 4) is 0 Å². The van der Waals surface area contributed by atoms with E-state index >= 15 is 0 Å². The molecule has 2 aromatic rings. The first-order chi connectivity index (χ1) is 8.22. The van der Waals surface area contributed by atoms with Crippen LogP contribution in [0.5, 0.6) is 0 Å². The first kappa shape index (κ1) is 12.2. The monoisotopic (exact) mass is 252 g/mol. The van der Waals surface area contributed by atoms with Crippen LogP contribution in [0.4, 0.5) is 5.82 Å². The molecule has 0 saturated heterocycles. The molecule has 0 atom stereocenters. The third-order valence-electron chi connectivity index (χ3n) is 2.60. The van der Waals surface area contributed by atoms with Crippen LogP contribution < -0.4 is 5.32 Å². The summed E-state index contributed by atoms with van der Waals surface area (Å²) in [6.07, 6.45) is 4.55. The fraction of sp³-hybridized carbons (Fsp3) is 0.500. The molecule has 17 heavy (non-hydrogen) atoms. The predicted octanol–water partition coefficient (Wildman–Crippen LogP) is 2.89. The molecule has 0 saturated carbocycles. The molecule has 92 valence electrons. The Bertz CT molecular complexity index is 492. The first-order valence-corrected chi connectivity index (χ1v) is 6.40. The second-order valence-electron chi connectivity index (χ2n) is 4.30. The number of hydrogen-bond donors (Lipinski definition) is 1. The van der Waals surface area contributed by atoms with E-state index in [0.717, 1.165) is 30.0 Å². The summed E-state index contributed by atoms with van der Waals surface area (Å²) >= 11 is 5.65. The van der Waals surface area contributed by atoms with Crippen LogP contribution in [0, 0.1) is 0 Å². The highest BCUT2D eigenvalue weighted by Crippen LogP contribution is 2.19. The van der Waals surface area contributed by atoms with Crippen molar-refractivity contribution in [3.05, 3.63) is 24.2 Å². The van der Waals surface area contributed by atoms with Crippen LogP contribution in [-0.2, 0) is 0 Å². The van der Waals surface area contributed by atoms with Crippen molar-refractivity contribution < 1.29 is 0 Å². The Morgan fingerprint density at radius 3 is 3.00 bits per heavy atom. The molecule has 2 heterocycles. The van der Waals surface area contributed by atoms with Crippen LogP contribution in [-0.4, -0.2) is 27.0 Å². The third kappa shape index (κ3) is 2.69. The lowest BCUT2D eigenvalue weighted by molar-refractivity contribution is 0.787. The summed E-state index contributed by atoms with van der Waals surface area (Å²) in [6, 6.07) is 2.08. The molecule has 4 nitrogen and oxygen atoms in total. The predicted molar refractivity (Wildman–Crippen MR) is 70.9 cm³/mol. The highest BCUT2D eigenvalue weighted by Gasteiger charge is 2.09. The van der Waals surface area contributed by atoms with Gasteiger partial charge in [0.2, 0.25) is 0 Å². The normalized spacial score (nSPS) is 11.3. The number of nitrogens with zero attached hydrogens (tertiary/aromatic N) is 3. The van der Waals surface area contributed by atoms with E-state index in [1.807, 2.05) is 10.7 Å². The summed E-state index contributed by atoms with van der Waals surface area (Å²) < 4.78 is 1.87. The molecule has 0 aliphatic carbocycles. The van der Waals surface area contributed by atoms with E-state index in [1.54, 1.807) is 6.20 Å². The van der Waals surface area contributed by atoms with Gasteiger partial charge in [0, 0.05) is 24.8 Å². The largest absolute Gasteiger partial charge is 0.368 e. The lowest BCUT2D eigenvalue weighted by Gasteiger charge is -2.04. The van der Waals surface area contributed by atoms with Crippen LogP contribution in [0.3, 0.4) is 0 Å². The van der Waals surface area contributed by atoms with Gasteiger partial charge in [0.1, 0.15) is 5.52 Å². The molecule has 0 radical (unpaired) electrons. The lowest BCUT2D eigenvalue weighted by atomic mass is 10.1. The van der Waals surface area contributed by atoms with Gasteiger partial charge in [-0.05, 0) is 18.4 Å². The smallest absolute Gasteiger partial charge is 0.152 e. The Hall–Kier alpha value is -1.29. The fourth-order valence-electron chi connectivity index (χ4n) is 1.63. The van der Waals surface area contributed by atoms with Gasteiger partial charge in [-0.3, -0.25) is 0 Å². The van der Waals surface area contributed by atoms with Crippen molar-refractivity contribution in [1.29, 1.82) is 0 Å². The fourth-order valence-corrected chi connectivity index (χ4v) is 1.77. The van der Waals surface area contributed by atoms with Crippen LogP contribution in [0.2, 0.25) is 0 Å². The maximum absolute atomic E-state index is 5.65. The summed E-state index contributed by atoms with van der Waals surface area (Å²) in [5.74, 6) is 1.95. The van der Waals surface area contributed by atoms with Crippen molar-refractivity contribution in [1.82, 2.24) is 14.6 Å². The van der Waals surface area contributed by atoms with Gasteiger partial charge in [-0.1, -0.05) is 13.8 Å². The van der Waals surface area contributed by atoms with Gasteiger partial charge in [-0.2, -0.15) is 5.10 Å². The van der Waals surface area contributed by atoms with Crippen molar-refractivity contribution in [2.45, 2.75) is 26.2 Å². The number of alkyl halides is 1. The average Bonchev–Trinajstić information content (AvgIpc) is 2.74. The van der Waals surface area contributed by atoms with Gasteiger partial charge >= 0.3 is 0 Å². The molecule has 0 aliphatic rings. The zero-order valence-corrected chi connectivity index (χ0v) is 10.9. The number of fused-ring (bicyclic) bond motifs is 1. The molecule has 0 fully saturated rings. The molecule has 0 aliphatic heterocycles. The molecular formula is C12H17ClN4. The number of nitrogens with one attached hydrogen (secondary N) is 1. The van der Waals surface area contributed by atoms with Crippen LogP contribution in [0.1, 0.15) is 31.9 Å². The Morgan fingerprint density at radius 1 is 1.47 bits per heavy atom. The minimum Gasteiger partial charge on any atom is -0.368 e. The SMILES string of the molecule is CC(C)c1cc2c(NCCCCl)nccn2n1. The second kappa shape index (κ2) is 5.36. The molecule has 2 rings (SSSR count). The molecule has 2 aromatic heterocycles. The molecule has 0 spiro atoms. The Morgan fingerprint density at radius 2 is 2.29 bits per heavy atom. The van der Waals surface area contributed by atoms with Crippen molar-refractivity contribution in [3.63, 3.8) is 0 Å². The van der Waals surface area contributed by atoms with Crippen LogP contribution >= 0.6 is 11.6 Å². The molecule has 0 unspecified atom stereocenters. The Kier molecular flexibility index (Phi) is 3.84. The number of halogens is 1. The molecule has 0 amide bonds. The zero-order chi connectivity index (χ0) is 12.3. The van der Waals surface area contributed by atoms with E-state index in [2.05, 4.69) is 35.3 Å². The van der Waals surface area contributed by atoms with Crippen molar-refractivity contribution >= 4 is 22.9 Å². The number of anilines is 1. The van der Waals surface area contributed by atoms with Crippen LogP contribution in [0.15, 0.2) is 18.5 Å². The Labute approximate surface area is 106 Å². The molecular weight excluding hydrogens is 236 g/mol. The molecule has 0 bridgehead atoms. The highest BCUT2D eigenvalue weighted by molar-refractivity contribution is 6.17. The summed E-state index contributed by atoms with van der Waals surface area (Å²) in [5, 5.41) is 7.80. The standard InChI is InChI=1S/C12H17ClN4/c1-9(2)10-8-11-12(14-5-3-4-13)15-6-7-17(11)16-10/h6-9H,3-5H2,1-2H3,(H,14,15). The summed E-state index contributed by atoms with van der Waals surface area (Å²) in [4.78, 5) is 4.34. The van der Waals surface area contributed by atoms with E-state index < -0.39 is 0 Å². The maximum Gasteiger partial charge on any atom is 0.152 e. The van der Waals surface area contributed by atoms with Crippen molar-refractivity contribution in [2.75, 3.05) is 17.7 Å². The Balaban J connectivity index is 2.29. The van der Waals surface area contributed by atoms with E-state index in [4.69, 9.17) is 11.6 Å². The minimum atomic E-state index is 0.422. The van der Waals surface area contributed by atoms with Crippen LogP contribution in [0.25, 0.3) is 5.52 Å². The van der Waals surface area contributed by atoms with Gasteiger partial charge in [0.05, 0.1) is 5.69 Å². The summed E-state index contributed by atoms with van der Waals surface area (Å²) in [6.45, 7) is 5.10. The summed E-state index contributed by atoms with van der Waals surface area (Å²) in [5.41, 5.74) is 2.10. The molecule has 5 heteroatoms. The number of rotatable bonds is 5. The molecule has 1 N–H and O–H groups in total. The van der Waals surface area contributed by atoms with Gasteiger partial charge < -0.3 is 5.32 Å². The maximum atomic E-state index is 5.65. The third-order valence-corrected chi connectivity index (χ3v) is 2.87. The van der Waals surface area contributed by atoms with E-state index in [0.29, 0.717) is 11.8 Å². The zero-order valence-electron chi connectivity index (χ0n) is 10.2. The topological polar surface area (TPSA) is 42.2 Å². The highest BCUT2D eigenvalue weighted by atomic mass is 35.5. The van der Waals surface area contributed by atoms with E-state index in [-0.39, 0.29) is 0 Å². The lowest BCUT2D eigenvalue weighted by Crippen LogP contribution is -2.05. The minimum absolute atomic E-state index is 0.422. The average molecular weight is 253 g/mol. The molecule has 0 aromatic carbocycles. The van der Waals surface area contributed by atoms with Crippen molar-refractivity contribution in [2.24, 2.45) is 0 Å². The van der Waals surface area contributed by atoms with Gasteiger partial charge in [0.15, 0.2) is 5.82 Å². The number of aromatic nitrogens is 3. The van der Waals surface area contributed by atoms with Gasteiger partial charge in [0.25, 0.3) is 0 Å². The summed E-state index contributed by atoms with van der Waals surface area (Å²) in [7, 11) is 0. The quantitative estimate of drug-likeness (QED) is 0.657. The van der Waals surface area contributed by atoms with E-state index in [9.17, 15) is 0 Å². The second-order valence-corrected chi connectivity index (χ2v) is 4.68. The van der Waals surface area contributed by atoms with Gasteiger partial charge in [-0.25, -0.2) is 9.50 Å². The number of hydrogen-bond acceptors (Lipinski definition) is 3. The van der Waals surface area contributed by atoms with Gasteiger partial charge in [-0.15, -0.1) is 11.6 Å².